The molecule has 2 nitrogen and oxygen atoms in total. The van der Waals surface area contributed by atoms with E-state index >= 15 is 0 Å². The number of hydrogen-bond acceptors (Lipinski definition) is 2. The molecule has 2 atom stereocenters. The first-order valence-electron chi connectivity index (χ1n) is 6.53. The van der Waals surface area contributed by atoms with Gasteiger partial charge in [0.05, 0.1) is 6.61 Å². The van der Waals surface area contributed by atoms with Crippen LogP contribution in [0, 0.1) is 17.7 Å². The van der Waals surface area contributed by atoms with Gasteiger partial charge in [-0.3, -0.25) is 0 Å². The van der Waals surface area contributed by atoms with Gasteiger partial charge in [-0.15, -0.1) is 0 Å². The average Bonchev–Trinajstić information content (AvgIpc) is 3.23. The molecule has 0 spiro atoms. The van der Waals surface area contributed by atoms with Crippen molar-refractivity contribution in [2.45, 2.75) is 25.2 Å². The highest BCUT2D eigenvalue weighted by Crippen LogP contribution is 2.50. The second-order valence-electron chi connectivity index (χ2n) is 5.38. The van der Waals surface area contributed by atoms with E-state index in [1.165, 1.54) is 18.9 Å². The third kappa shape index (κ3) is 2.78. The molecule has 1 aromatic rings. The van der Waals surface area contributed by atoms with Gasteiger partial charge in [0.1, 0.15) is 11.6 Å². The van der Waals surface area contributed by atoms with E-state index in [1.54, 1.807) is 12.1 Å². The van der Waals surface area contributed by atoms with Crippen molar-refractivity contribution < 1.29 is 9.13 Å². The van der Waals surface area contributed by atoms with E-state index in [1.807, 2.05) is 0 Å². The van der Waals surface area contributed by atoms with Crippen LogP contribution in [0.2, 0.25) is 0 Å². The molecule has 0 amide bonds. The topological polar surface area (TPSA) is 21.3 Å². The molecule has 1 aromatic carbocycles. The van der Waals surface area contributed by atoms with Crippen LogP contribution in [-0.2, 0) is 0 Å². The van der Waals surface area contributed by atoms with E-state index in [9.17, 15) is 4.39 Å². The van der Waals surface area contributed by atoms with Gasteiger partial charge in [-0.25, -0.2) is 9.23 Å². The maximum absolute atomic E-state index is 13.4. The van der Waals surface area contributed by atoms with Crippen molar-refractivity contribution in [3.05, 3.63) is 29.6 Å². The molecule has 0 aliphatic heterocycles. The van der Waals surface area contributed by atoms with Crippen LogP contribution in [0.15, 0.2) is 18.2 Å². The summed E-state index contributed by atoms with van der Waals surface area (Å²) in [5.41, 5.74) is 1.01. The van der Waals surface area contributed by atoms with Gasteiger partial charge in [-0.1, -0.05) is 0 Å². The number of hydrogen-bond donors (Lipinski definition) is 1. The van der Waals surface area contributed by atoms with Gasteiger partial charge in [0, 0.05) is 12.1 Å². The van der Waals surface area contributed by atoms with Crippen molar-refractivity contribution in [1.29, 1.82) is 0 Å². The Kier molecular flexibility index (Phi) is 3.44. The lowest BCUT2D eigenvalue weighted by atomic mass is 10.1. The first-order chi connectivity index (χ1) is 8.78. The minimum absolute atomic E-state index is 0.187. The molecule has 0 bridgehead atoms. The van der Waals surface area contributed by atoms with E-state index in [-0.39, 0.29) is 5.82 Å². The molecular formula is C14H17ClFNO. The summed E-state index contributed by atoms with van der Waals surface area (Å²) in [5.74, 6) is 2.27. The number of nitrogens with one attached hydrogen (secondary N) is 1. The smallest absolute Gasteiger partial charge is 0.123 e. The van der Waals surface area contributed by atoms with E-state index in [2.05, 4.69) is 4.84 Å². The second-order valence-corrected chi connectivity index (χ2v) is 5.64. The van der Waals surface area contributed by atoms with Gasteiger partial charge in [0.2, 0.25) is 0 Å². The van der Waals surface area contributed by atoms with Crippen molar-refractivity contribution >= 4 is 11.8 Å². The maximum atomic E-state index is 13.4. The van der Waals surface area contributed by atoms with Crippen LogP contribution in [-0.4, -0.2) is 13.2 Å². The Labute approximate surface area is 112 Å². The molecule has 18 heavy (non-hydrogen) atoms. The number of ether oxygens (including phenoxy) is 1. The monoisotopic (exact) mass is 269 g/mol. The van der Waals surface area contributed by atoms with Gasteiger partial charge in [-0.05, 0) is 67.0 Å². The van der Waals surface area contributed by atoms with Crippen molar-refractivity contribution in [3.63, 3.8) is 0 Å². The van der Waals surface area contributed by atoms with Crippen molar-refractivity contribution in [2.75, 3.05) is 13.2 Å². The summed E-state index contributed by atoms with van der Waals surface area (Å²) < 4.78 is 19.2. The molecule has 2 saturated carbocycles. The SMILES string of the molecule is Fc1ccc(OCC2CC2)c([C@@H]2C[C@H]2CNCl)c1. The van der Waals surface area contributed by atoms with E-state index < -0.39 is 0 Å². The highest BCUT2D eigenvalue weighted by Gasteiger charge is 2.40. The average molecular weight is 270 g/mol. The fourth-order valence-corrected chi connectivity index (χ4v) is 2.58. The lowest BCUT2D eigenvalue weighted by molar-refractivity contribution is 0.296. The largest absolute Gasteiger partial charge is 0.493 e. The van der Waals surface area contributed by atoms with Crippen LogP contribution >= 0.6 is 11.8 Å². The quantitative estimate of drug-likeness (QED) is 0.799. The minimum atomic E-state index is -0.187. The molecule has 0 radical (unpaired) electrons. The van der Waals surface area contributed by atoms with E-state index in [4.69, 9.17) is 16.5 Å². The first-order valence-corrected chi connectivity index (χ1v) is 6.91. The summed E-state index contributed by atoms with van der Waals surface area (Å²) in [6.45, 7) is 1.54. The molecule has 0 unspecified atom stereocenters. The highest BCUT2D eigenvalue weighted by molar-refractivity contribution is 6.13. The Morgan fingerprint density at radius 1 is 1.39 bits per heavy atom. The molecule has 0 saturated heterocycles. The van der Waals surface area contributed by atoms with E-state index in [0.29, 0.717) is 17.8 Å². The van der Waals surface area contributed by atoms with Gasteiger partial charge in [-0.2, -0.15) is 0 Å². The van der Waals surface area contributed by atoms with Crippen molar-refractivity contribution in [3.8, 4) is 5.75 Å². The Bertz CT molecular complexity index is 436. The first kappa shape index (κ1) is 12.2. The predicted octanol–water partition coefficient (Wildman–Crippen LogP) is 3.46. The van der Waals surface area contributed by atoms with E-state index in [0.717, 1.165) is 30.9 Å². The third-order valence-electron chi connectivity index (χ3n) is 3.80. The summed E-state index contributed by atoms with van der Waals surface area (Å²) >= 11 is 5.52. The molecule has 2 fully saturated rings. The van der Waals surface area contributed by atoms with Crippen LogP contribution in [0.1, 0.15) is 30.7 Å². The molecule has 4 heteroatoms. The summed E-state index contributed by atoms with van der Waals surface area (Å²) in [5, 5.41) is 0. The van der Waals surface area contributed by atoms with Gasteiger partial charge in [0.25, 0.3) is 0 Å². The molecule has 2 aliphatic rings. The van der Waals surface area contributed by atoms with Crippen LogP contribution in [0.3, 0.4) is 0 Å². The molecule has 3 rings (SSSR count). The zero-order valence-electron chi connectivity index (χ0n) is 10.2. The fraction of sp³-hybridized carbons (Fsp3) is 0.571. The van der Waals surface area contributed by atoms with Crippen molar-refractivity contribution in [2.24, 2.45) is 11.8 Å². The molecule has 0 aromatic heterocycles. The van der Waals surface area contributed by atoms with Gasteiger partial charge in [0.15, 0.2) is 0 Å². The minimum Gasteiger partial charge on any atom is -0.493 e. The summed E-state index contributed by atoms with van der Waals surface area (Å²) in [6, 6.07) is 4.85. The lowest BCUT2D eigenvalue weighted by Gasteiger charge is -2.11. The highest BCUT2D eigenvalue weighted by atomic mass is 35.5. The fourth-order valence-electron chi connectivity index (χ4n) is 2.39. The normalized spacial score (nSPS) is 26.1. The molecule has 0 heterocycles. The van der Waals surface area contributed by atoms with Gasteiger partial charge >= 0.3 is 0 Å². The molecular weight excluding hydrogens is 253 g/mol. The Hall–Kier alpha value is -0.800. The summed E-state index contributed by atoms with van der Waals surface area (Å²) in [4.78, 5) is 2.66. The molecule has 98 valence electrons. The molecule has 2 aliphatic carbocycles. The zero-order chi connectivity index (χ0) is 12.5. The van der Waals surface area contributed by atoms with Crippen molar-refractivity contribution in [1.82, 2.24) is 4.84 Å². The Morgan fingerprint density at radius 3 is 2.94 bits per heavy atom. The number of rotatable bonds is 6. The number of benzene rings is 1. The van der Waals surface area contributed by atoms with Gasteiger partial charge < -0.3 is 4.74 Å². The second kappa shape index (κ2) is 5.06. The summed E-state index contributed by atoms with van der Waals surface area (Å²) in [7, 11) is 0. The van der Waals surface area contributed by atoms with Crippen LogP contribution in [0.4, 0.5) is 4.39 Å². The Morgan fingerprint density at radius 2 is 2.22 bits per heavy atom. The maximum Gasteiger partial charge on any atom is 0.123 e. The van der Waals surface area contributed by atoms with Crippen LogP contribution in [0.25, 0.3) is 0 Å². The number of halogens is 2. The molecule has 1 N–H and O–H groups in total. The predicted molar refractivity (Wildman–Crippen MR) is 69.3 cm³/mol. The van der Waals surface area contributed by atoms with Crippen LogP contribution in [0.5, 0.6) is 5.75 Å². The lowest BCUT2D eigenvalue weighted by Crippen LogP contribution is -2.05. The Balaban J connectivity index is 1.71. The van der Waals surface area contributed by atoms with Crippen LogP contribution < -0.4 is 9.57 Å². The summed E-state index contributed by atoms with van der Waals surface area (Å²) in [6.07, 6.45) is 3.58. The standard InChI is InChI=1S/C14H17ClFNO/c15-17-7-10-5-12(10)13-6-11(16)3-4-14(13)18-8-9-1-2-9/h3-4,6,9-10,12,17H,1-2,5,7-8H2/t10-,12+/m0/s1. The zero-order valence-corrected chi connectivity index (χ0v) is 10.9. The third-order valence-corrected chi connectivity index (χ3v) is 3.96.